The Kier molecular flexibility index (Phi) is 3.83. The fraction of sp³-hybridized carbons (Fsp3) is 0.333. The Labute approximate surface area is 145 Å². The highest BCUT2D eigenvalue weighted by molar-refractivity contribution is 5.87. The second-order valence-electron chi connectivity index (χ2n) is 6.50. The van der Waals surface area contributed by atoms with Crippen LogP contribution in [0, 0.1) is 0 Å². The number of anilines is 1. The number of carbonyl (C=O) groups is 1. The van der Waals surface area contributed by atoms with Crippen molar-refractivity contribution in [2.75, 3.05) is 18.5 Å². The number of fused-ring (bicyclic) bond motifs is 1. The molecule has 25 heavy (non-hydrogen) atoms. The number of hydrogen-bond acceptors (Lipinski definition) is 5. The topological polar surface area (TPSA) is 86.8 Å². The maximum atomic E-state index is 12.7. The van der Waals surface area contributed by atoms with Gasteiger partial charge in [0.2, 0.25) is 5.91 Å². The van der Waals surface area contributed by atoms with Crippen molar-refractivity contribution in [3.8, 4) is 0 Å². The molecule has 1 aromatic carbocycles. The van der Waals surface area contributed by atoms with Gasteiger partial charge in [-0.15, -0.1) is 0 Å². The highest BCUT2D eigenvalue weighted by atomic mass is 16.2. The van der Waals surface area contributed by atoms with E-state index < -0.39 is 0 Å². The molecule has 2 aromatic heterocycles. The van der Waals surface area contributed by atoms with Crippen LogP contribution in [0.15, 0.2) is 43.0 Å². The summed E-state index contributed by atoms with van der Waals surface area (Å²) >= 11 is 0. The summed E-state index contributed by atoms with van der Waals surface area (Å²) in [5.74, 6) is 0.650. The molecule has 7 heteroatoms. The summed E-state index contributed by atoms with van der Waals surface area (Å²) in [7, 11) is 1.85. The summed E-state index contributed by atoms with van der Waals surface area (Å²) in [4.78, 5) is 30.0. The van der Waals surface area contributed by atoms with Crippen molar-refractivity contribution in [3.63, 3.8) is 0 Å². The lowest BCUT2D eigenvalue weighted by atomic mass is 9.72. The van der Waals surface area contributed by atoms with Gasteiger partial charge in [-0.3, -0.25) is 4.79 Å². The molecular formula is C18H20N6O. The molecule has 0 spiro atoms. The molecule has 0 aliphatic heterocycles. The van der Waals surface area contributed by atoms with Crippen molar-refractivity contribution in [1.82, 2.24) is 25.3 Å². The number of imidazole rings is 1. The minimum Gasteiger partial charge on any atom is -0.348 e. The van der Waals surface area contributed by atoms with E-state index in [-0.39, 0.29) is 18.0 Å². The first kappa shape index (κ1) is 15.6. The Morgan fingerprint density at radius 3 is 2.76 bits per heavy atom. The van der Waals surface area contributed by atoms with E-state index in [9.17, 15) is 4.79 Å². The van der Waals surface area contributed by atoms with Gasteiger partial charge in [0.25, 0.3) is 0 Å². The molecule has 1 aliphatic rings. The second kappa shape index (κ2) is 6.16. The fourth-order valence-electron chi connectivity index (χ4n) is 3.41. The van der Waals surface area contributed by atoms with Crippen LogP contribution in [0.25, 0.3) is 11.2 Å². The molecule has 2 N–H and O–H groups in total. The minimum absolute atomic E-state index is 0.0164. The van der Waals surface area contributed by atoms with Gasteiger partial charge in [0.1, 0.15) is 11.8 Å². The SMILES string of the molecule is CN(CC(=O)NC1(c2ccccc2)CCC1)c1ncnc2nc[nH]c12. The van der Waals surface area contributed by atoms with Gasteiger partial charge < -0.3 is 15.2 Å². The number of likely N-dealkylation sites (N-methyl/N-ethyl adjacent to an activating group) is 1. The number of nitrogens with zero attached hydrogens (tertiary/aromatic N) is 4. The zero-order valence-corrected chi connectivity index (χ0v) is 14.1. The Hall–Kier alpha value is -2.96. The molecule has 0 radical (unpaired) electrons. The molecule has 128 valence electrons. The lowest BCUT2D eigenvalue weighted by Crippen LogP contribution is -2.53. The molecule has 7 nitrogen and oxygen atoms in total. The monoisotopic (exact) mass is 336 g/mol. The molecule has 0 atom stereocenters. The lowest BCUT2D eigenvalue weighted by Gasteiger charge is -2.43. The van der Waals surface area contributed by atoms with Gasteiger partial charge >= 0.3 is 0 Å². The van der Waals surface area contributed by atoms with E-state index in [4.69, 9.17) is 0 Å². The van der Waals surface area contributed by atoms with Crippen LogP contribution in [-0.2, 0) is 10.3 Å². The highest BCUT2D eigenvalue weighted by Gasteiger charge is 2.39. The third kappa shape index (κ3) is 2.82. The van der Waals surface area contributed by atoms with Crippen LogP contribution in [0.2, 0.25) is 0 Å². The van der Waals surface area contributed by atoms with E-state index in [1.54, 1.807) is 6.33 Å². The van der Waals surface area contributed by atoms with Crippen molar-refractivity contribution < 1.29 is 4.79 Å². The van der Waals surface area contributed by atoms with Crippen LogP contribution in [0.5, 0.6) is 0 Å². The molecule has 0 unspecified atom stereocenters. The van der Waals surface area contributed by atoms with Crippen LogP contribution in [0.3, 0.4) is 0 Å². The van der Waals surface area contributed by atoms with E-state index in [1.807, 2.05) is 30.1 Å². The van der Waals surface area contributed by atoms with E-state index in [0.29, 0.717) is 11.5 Å². The fourth-order valence-corrected chi connectivity index (χ4v) is 3.41. The number of aromatic amines is 1. The number of carbonyl (C=O) groups excluding carboxylic acids is 1. The first-order chi connectivity index (χ1) is 12.2. The van der Waals surface area contributed by atoms with Crippen molar-refractivity contribution in [2.45, 2.75) is 24.8 Å². The smallest absolute Gasteiger partial charge is 0.240 e. The van der Waals surface area contributed by atoms with Gasteiger partial charge in [0, 0.05) is 7.05 Å². The first-order valence-electron chi connectivity index (χ1n) is 8.40. The molecule has 1 fully saturated rings. The summed E-state index contributed by atoms with van der Waals surface area (Å²) in [6, 6.07) is 10.2. The maximum Gasteiger partial charge on any atom is 0.240 e. The Morgan fingerprint density at radius 2 is 2.04 bits per heavy atom. The van der Waals surface area contributed by atoms with Crippen LogP contribution in [-0.4, -0.2) is 39.4 Å². The third-order valence-electron chi connectivity index (χ3n) is 4.86. The number of amides is 1. The quantitative estimate of drug-likeness (QED) is 0.744. The Morgan fingerprint density at radius 1 is 1.24 bits per heavy atom. The zero-order chi connectivity index (χ0) is 17.3. The molecule has 2 heterocycles. The molecule has 4 rings (SSSR count). The van der Waals surface area contributed by atoms with Gasteiger partial charge in [0.15, 0.2) is 11.5 Å². The molecular weight excluding hydrogens is 316 g/mol. The number of benzene rings is 1. The zero-order valence-electron chi connectivity index (χ0n) is 14.1. The number of H-pyrrole nitrogens is 1. The summed E-state index contributed by atoms with van der Waals surface area (Å²) in [6.45, 7) is 0.222. The molecule has 0 bridgehead atoms. The summed E-state index contributed by atoms with van der Waals surface area (Å²) < 4.78 is 0. The molecule has 1 amide bonds. The summed E-state index contributed by atoms with van der Waals surface area (Å²) in [6.07, 6.45) is 6.13. The predicted molar refractivity (Wildman–Crippen MR) is 95.1 cm³/mol. The lowest BCUT2D eigenvalue weighted by molar-refractivity contribution is -0.123. The van der Waals surface area contributed by atoms with E-state index in [0.717, 1.165) is 24.8 Å². The molecule has 1 saturated carbocycles. The van der Waals surface area contributed by atoms with Gasteiger partial charge in [-0.05, 0) is 24.8 Å². The van der Waals surface area contributed by atoms with E-state index in [1.165, 1.54) is 11.9 Å². The van der Waals surface area contributed by atoms with E-state index >= 15 is 0 Å². The number of rotatable bonds is 5. The van der Waals surface area contributed by atoms with Crippen molar-refractivity contribution in [3.05, 3.63) is 48.5 Å². The van der Waals surface area contributed by atoms with Crippen LogP contribution in [0.1, 0.15) is 24.8 Å². The first-order valence-corrected chi connectivity index (χ1v) is 8.40. The van der Waals surface area contributed by atoms with Gasteiger partial charge in [-0.2, -0.15) is 0 Å². The van der Waals surface area contributed by atoms with Crippen LogP contribution >= 0.6 is 0 Å². The Balaban J connectivity index is 1.49. The molecule has 0 saturated heterocycles. The number of aromatic nitrogens is 4. The van der Waals surface area contributed by atoms with E-state index in [2.05, 4.69) is 37.4 Å². The van der Waals surface area contributed by atoms with Gasteiger partial charge in [0.05, 0.1) is 18.4 Å². The minimum atomic E-state index is -0.228. The normalized spacial score (nSPS) is 15.6. The summed E-state index contributed by atoms with van der Waals surface area (Å²) in [5.41, 5.74) is 2.28. The standard InChI is InChI=1S/C18H20N6O/c1-24(17-15-16(20-11-19-15)21-12-22-17)10-14(25)23-18(8-5-9-18)13-6-3-2-4-7-13/h2-4,6-7,11-12H,5,8-10H2,1H3,(H,23,25)(H,19,20,21,22). The maximum absolute atomic E-state index is 12.7. The highest BCUT2D eigenvalue weighted by Crippen LogP contribution is 2.41. The number of nitrogens with one attached hydrogen (secondary N) is 2. The number of hydrogen-bond donors (Lipinski definition) is 2. The van der Waals surface area contributed by atoms with Crippen molar-refractivity contribution in [2.24, 2.45) is 0 Å². The van der Waals surface area contributed by atoms with Gasteiger partial charge in [-0.1, -0.05) is 30.3 Å². The third-order valence-corrected chi connectivity index (χ3v) is 4.86. The van der Waals surface area contributed by atoms with Crippen LogP contribution in [0.4, 0.5) is 5.82 Å². The average Bonchev–Trinajstić information content (AvgIpc) is 3.07. The second-order valence-corrected chi connectivity index (χ2v) is 6.50. The molecule has 1 aliphatic carbocycles. The largest absolute Gasteiger partial charge is 0.348 e. The predicted octanol–water partition coefficient (Wildman–Crippen LogP) is 1.98. The van der Waals surface area contributed by atoms with Crippen LogP contribution < -0.4 is 10.2 Å². The van der Waals surface area contributed by atoms with Gasteiger partial charge in [-0.25, -0.2) is 15.0 Å². The van der Waals surface area contributed by atoms with Crippen molar-refractivity contribution >= 4 is 22.9 Å². The average molecular weight is 336 g/mol. The van der Waals surface area contributed by atoms with Crippen molar-refractivity contribution in [1.29, 1.82) is 0 Å². The molecule has 3 aromatic rings. The summed E-state index contributed by atoms with van der Waals surface area (Å²) in [5, 5.41) is 3.24. The Bertz CT molecular complexity index is 887.